The third-order valence-electron chi connectivity index (χ3n) is 1.60. The summed E-state index contributed by atoms with van der Waals surface area (Å²) in [4.78, 5) is 8.21. The highest BCUT2D eigenvalue weighted by Crippen LogP contribution is 2.16. The van der Waals surface area contributed by atoms with Crippen LogP contribution in [0.1, 0.15) is 12.6 Å². The highest BCUT2D eigenvalue weighted by molar-refractivity contribution is 5.83. The van der Waals surface area contributed by atoms with E-state index in [9.17, 15) is 0 Å². The van der Waals surface area contributed by atoms with Crippen molar-refractivity contribution in [1.29, 1.82) is 0 Å². The second kappa shape index (κ2) is 2.41. The van der Waals surface area contributed by atoms with E-state index in [0.717, 1.165) is 16.8 Å². The standard InChI is InChI=1S/C8H8N4/c1-5(2)6-7-8(12-11-6)10-4-3-9-7/h3-4H,1H2,2H3,(H,10,11,12). The summed E-state index contributed by atoms with van der Waals surface area (Å²) in [7, 11) is 0. The quantitative estimate of drug-likeness (QED) is 0.685. The molecule has 0 unspecified atom stereocenters. The van der Waals surface area contributed by atoms with Crippen LogP contribution in [0.4, 0.5) is 0 Å². The predicted octanol–water partition coefficient (Wildman–Crippen LogP) is 1.39. The Morgan fingerprint density at radius 2 is 2.17 bits per heavy atom. The summed E-state index contributed by atoms with van der Waals surface area (Å²) in [6.45, 7) is 5.69. The average molecular weight is 160 g/mol. The second-order valence-corrected chi connectivity index (χ2v) is 2.61. The van der Waals surface area contributed by atoms with Crippen LogP contribution in [0.25, 0.3) is 16.7 Å². The Morgan fingerprint density at radius 1 is 1.42 bits per heavy atom. The number of hydrogen-bond donors (Lipinski definition) is 1. The van der Waals surface area contributed by atoms with E-state index in [4.69, 9.17) is 0 Å². The van der Waals surface area contributed by atoms with Gasteiger partial charge in [0.2, 0.25) is 0 Å². The van der Waals surface area contributed by atoms with E-state index in [1.807, 2.05) is 6.92 Å². The van der Waals surface area contributed by atoms with E-state index in [1.54, 1.807) is 12.4 Å². The molecule has 0 saturated heterocycles. The molecule has 0 aliphatic heterocycles. The zero-order valence-corrected chi connectivity index (χ0v) is 6.70. The molecule has 4 nitrogen and oxygen atoms in total. The number of aromatic amines is 1. The maximum atomic E-state index is 4.15. The zero-order chi connectivity index (χ0) is 8.55. The molecule has 0 radical (unpaired) electrons. The molecule has 0 fully saturated rings. The van der Waals surface area contributed by atoms with Crippen LogP contribution in [0.15, 0.2) is 19.0 Å². The van der Waals surface area contributed by atoms with Gasteiger partial charge in [0.1, 0.15) is 11.2 Å². The maximum Gasteiger partial charge on any atom is 0.174 e. The van der Waals surface area contributed by atoms with Crippen molar-refractivity contribution in [3.05, 3.63) is 24.7 Å². The molecule has 2 aromatic rings. The van der Waals surface area contributed by atoms with Crippen molar-refractivity contribution >= 4 is 16.7 Å². The monoisotopic (exact) mass is 160 g/mol. The fourth-order valence-corrected chi connectivity index (χ4v) is 1.05. The lowest BCUT2D eigenvalue weighted by molar-refractivity contribution is 1.08. The van der Waals surface area contributed by atoms with Crippen LogP contribution < -0.4 is 0 Å². The Balaban J connectivity index is 2.79. The van der Waals surface area contributed by atoms with Crippen LogP contribution in [0.2, 0.25) is 0 Å². The van der Waals surface area contributed by atoms with E-state index in [0.29, 0.717) is 5.65 Å². The van der Waals surface area contributed by atoms with Gasteiger partial charge >= 0.3 is 0 Å². The first-order valence-corrected chi connectivity index (χ1v) is 3.60. The number of rotatable bonds is 1. The van der Waals surface area contributed by atoms with Crippen molar-refractivity contribution in [2.75, 3.05) is 0 Å². The average Bonchev–Trinajstić information content (AvgIpc) is 2.47. The maximum absolute atomic E-state index is 4.15. The Bertz CT molecular complexity index is 429. The minimum atomic E-state index is 0.704. The van der Waals surface area contributed by atoms with Crippen LogP contribution in [0, 0.1) is 0 Å². The molecule has 0 saturated carbocycles. The third kappa shape index (κ3) is 0.887. The third-order valence-corrected chi connectivity index (χ3v) is 1.60. The lowest BCUT2D eigenvalue weighted by Gasteiger charge is -1.90. The molecule has 1 N–H and O–H groups in total. The van der Waals surface area contributed by atoms with Crippen molar-refractivity contribution in [3.63, 3.8) is 0 Å². The van der Waals surface area contributed by atoms with Crippen LogP contribution in [0.5, 0.6) is 0 Å². The van der Waals surface area contributed by atoms with Crippen molar-refractivity contribution in [2.24, 2.45) is 0 Å². The summed E-state index contributed by atoms with van der Waals surface area (Å²) in [5.41, 5.74) is 3.17. The van der Waals surface area contributed by atoms with E-state index in [1.165, 1.54) is 0 Å². The SMILES string of the molecule is C=C(C)c1n[nH]c2nccnc12. The van der Waals surface area contributed by atoms with Gasteiger partial charge in [-0.2, -0.15) is 5.10 Å². The van der Waals surface area contributed by atoms with E-state index >= 15 is 0 Å². The van der Waals surface area contributed by atoms with E-state index < -0.39 is 0 Å². The number of nitrogens with one attached hydrogen (secondary N) is 1. The number of nitrogens with zero attached hydrogens (tertiary/aromatic N) is 3. The number of allylic oxidation sites excluding steroid dienone is 1. The first-order valence-electron chi connectivity index (χ1n) is 3.60. The molecule has 0 atom stereocenters. The lowest BCUT2D eigenvalue weighted by atomic mass is 10.2. The predicted molar refractivity (Wildman–Crippen MR) is 46.4 cm³/mol. The largest absolute Gasteiger partial charge is 0.259 e. The number of fused-ring (bicyclic) bond motifs is 1. The molecule has 4 heteroatoms. The summed E-state index contributed by atoms with van der Waals surface area (Å²) in [6.07, 6.45) is 3.27. The van der Waals surface area contributed by atoms with E-state index in [-0.39, 0.29) is 0 Å². The summed E-state index contributed by atoms with van der Waals surface area (Å²) in [6, 6.07) is 0. The zero-order valence-electron chi connectivity index (χ0n) is 6.70. The summed E-state index contributed by atoms with van der Waals surface area (Å²) >= 11 is 0. The number of hydrogen-bond acceptors (Lipinski definition) is 3. The molecule has 0 amide bonds. The van der Waals surface area contributed by atoms with Crippen LogP contribution in [0.3, 0.4) is 0 Å². The molecule has 12 heavy (non-hydrogen) atoms. The van der Waals surface area contributed by atoms with Crippen LogP contribution >= 0.6 is 0 Å². The van der Waals surface area contributed by atoms with Gasteiger partial charge in [-0.3, -0.25) is 5.10 Å². The molecule has 0 aliphatic rings. The molecule has 0 aliphatic carbocycles. The lowest BCUT2D eigenvalue weighted by Crippen LogP contribution is -1.81. The molecule has 2 aromatic heterocycles. The number of H-pyrrole nitrogens is 1. The molecular formula is C8H8N4. The van der Waals surface area contributed by atoms with Crippen molar-refractivity contribution in [3.8, 4) is 0 Å². The highest BCUT2D eigenvalue weighted by atomic mass is 15.2. The minimum Gasteiger partial charge on any atom is -0.259 e. The van der Waals surface area contributed by atoms with Gasteiger partial charge in [-0.05, 0) is 12.5 Å². The van der Waals surface area contributed by atoms with Gasteiger partial charge < -0.3 is 0 Å². The van der Waals surface area contributed by atoms with Gasteiger partial charge in [-0.1, -0.05) is 6.58 Å². The van der Waals surface area contributed by atoms with Crippen molar-refractivity contribution in [2.45, 2.75) is 6.92 Å². The fraction of sp³-hybridized carbons (Fsp3) is 0.125. The molecule has 0 spiro atoms. The topological polar surface area (TPSA) is 54.5 Å². The molecular weight excluding hydrogens is 152 g/mol. The van der Waals surface area contributed by atoms with Gasteiger partial charge in [0.25, 0.3) is 0 Å². The second-order valence-electron chi connectivity index (χ2n) is 2.61. The van der Waals surface area contributed by atoms with Crippen LogP contribution in [-0.2, 0) is 0 Å². The normalized spacial score (nSPS) is 10.4. The molecule has 2 heterocycles. The van der Waals surface area contributed by atoms with Gasteiger partial charge in [-0.15, -0.1) is 0 Å². The Kier molecular flexibility index (Phi) is 1.40. The van der Waals surface area contributed by atoms with Crippen molar-refractivity contribution in [1.82, 2.24) is 20.2 Å². The molecule has 60 valence electrons. The summed E-state index contributed by atoms with van der Waals surface area (Å²) in [5, 5.41) is 6.83. The smallest absolute Gasteiger partial charge is 0.174 e. The van der Waals surface area contributed by atoms with Gasteiger partial charge in [0, 0.05) is 12.4 Å². The summed E-state index contributed by atoms with van der Waals surface area (Å²) < 4.78 is 0. The molecule has 2 rings (SSSR count). The Hall–Kier alpha value is -1.71. The summed E-state index contributed by atoms with van der Waals surface area (Å²) in [5.74, 6) is 0. The van der Waals surface area contributed by atoms with Gasteiger partial charge in [0.15, 0.2) is 5.65 Å². The van der Waals surface area contributed by atoms with Gasteiger partial charge in [0.05, 0.1) is 0 Å². The van der Waals surface area contributed by atoms with E-state index in [2.05, 4.69) is 26.7 Å². The first kappa shape index (κ1) is 6.97. The van der Waals surface area contributed by atoms with Crippen molar-refractivity contribution < 1.29 is 0 Å². The molecule has 0 aromatic carbocycles. The first-order chi connectivity index (χ1) is 5.79. The van der Waals surface area contributed by atoms with Gasteiger partial charge in [-0.25, -0.2) is 9.97 Å². The Morgan fingerprint density at radius 3 is 2.92 bits per heavy atom. The Labute approximate surface area is 69.4 Å². The minimum absolute atomic E-state index is 0.704. The fourth-order valence-electron chi connectivity index (χ4n) is 1.05. The van der Waals surface area contributed by atoms with Crippen LogP contribution in [-0.4, -0.2) is 20.2 Å². The highest BCUT2D eigenvalue weighted by Gasteiger charge is 2.06. The number of aromatic nitrogens is 4. The molecule has 0 bridgehead atoms.